The lowest BCUT2D eigenvalue weighted by molar-refractivity contribution is -0.138. The van der Waals surface area contributed by atoms with Gasteiger partial charge in [0, 0.05) is 19.6 Å². The zero-order valence-electron chi connectivity index (χ0n) is 12.0. The molecule has 3 amide bonds. The second-order valence-corrected chi connectivity index (χ2v) is 5.48. The van der Waals surface area contributed by atoms with Gasteiger partial charge < -0.3 is 20.6 Å². The van der Waals surface area contributed by atoms with Crippen molar-refractivity contribution < 1.29 is 19.5 Å². The minimum absolute atomic E-state index is 0.158. The third-order valence-corrected chi connectivity index (χ3v) is 3.15. The van der Waals surface area contributed by atoms with Crippen LogP contribution in [0.15, 0.2) is 0 Å². The van der Waals surface area contributed by atoms with Gasteiger partial charge in [0.1, 0.15) is 6.54 Å². The molecule has 1 fully saturated rings. The molecule has 0 aromatic carbocycles. The molecule has 3 N–H and O–H groups in total. The van der Waals surface area contributed by atoms with Gasteiger partial charge in [-0.25, -0.2) is 4.79 Å². The van der Waals surface area contributed by atoms with Crippen LogP contribution in [0.25, 0.3) is 0 Å². The monoisotopic (exact) mass is 285 g/mol. The average Bonchev–Trinajstić information content (AvgIpc) is 2.42. The van der Waals surface area contributed by atoms with Crippen LogP contribution in [0.3, 0.4) is 0 Å². The highest BCUT2D eigenvalue weighted by molar-refractivity contribution is 5.84. The maximum absolute atomic E-state index is 11.9. The average molecular weight is 285 g/mol. The largest absolute Gasteiger partial charge is 0.480 e. The van der Waals surface area contributed by atoms with Crippen molar-refractivity contribution in [1.29, 1.82) is 0 Å². The molecule has 0 saturated carbocycles. The maximum atomic E-state index is 11.9. The number of hydrogen-bond acceptors (Lipinski definition) is 3. The number of likely N-dealkylation sites (tertiary alicyclic amines) is 1. The zero-order valence-corrected chi connectivity index (χ0v) is 12.0. The first-order valence-electron chi connectivity index (χ1n) is 6.92. The number of carbonyl (C=O) groups excluding carboxylic acids is 2. The fraction of sp³-hybridized carbons (Fsp3) is 0.769. The first-order valence-corrected chi connectivity index (χ1v) is 6.92. The Bertz CT molecular complexity index is 371. The van der Waals surface area contributed by atoms with Crippen molar-refractivity contribution in [2.75, 3.05) is 26.2 Å². The van der Waals surface area contributed by atoms with Crippen molar-refractivity contribution in [2.45, 2.75) is 26.7 Å². The standard InChI is InChI=1S/C13H23N3O4/c1-9(2)6-15-13(20)16-5-3-4-10(8-16)12(19)14-7-11(17)18/h9-10H,3-8H2,1-2H3,(H,14,19)(H,15,20)(H,17,18). The van der Waals surface area contributed by atoms with Crippen LogP contribution in [0.1, 0.15) is 26.7 Å². The Morgan fingerprint density at radius 2 is 2.00 bits per heavy atom. The third kappa shape index (κ3) is 5.46. The molecule has 1 rings (SSSR count). The zero-order chi connectivity index (χ0) is 15.1. The fourth-order valence-electron chi connectivity index (χ4n) is 2.09. The third-order valence-electron chi connectivity index (χ3n) is 3.15. The van der Waals surface area contributed by atoms with E-state index < -0.39 is 5.97 Å². The summed E-state index contributed by atoms with van der Waals surface area (Å²) in [6, 6.07) is -0.158. The van der Waals surface area contributed by atoms with E-state index in [4.69, 9.17) is 5.11 Å². The summed E-state index contributed by atoms with van der Waals surface area (Å²) in [5, 5.41) is 13.7. The predicted molar refractivity (Wildman–Crippen MR) is 73.2 cm³/mol. The van der Waals surface area contributed by atoms with Crippen LogP contribution in [0.5, 0.6) is 0 Å². The van der Waals surface area contributed by atoms with E-state index in [0.29, 0.717) is 32.0 Å². The number of urea groups is 1. The van der Waals surface area contributed by atoms with Gasteiger partial charge in [0.25, 0.3) is 0 Å². The van der Waals surface area contributed by atoms with Gasteiger partial charge in [-0.2, -0.15) is 0 Å². The van der Waals surface area contributed by atoms with Crippen molar-refractivity contribution >= 4 is 17.9 Å². The lowest BCUT2D eigenvalue weighted by Gasteiger charge is -2.32. The molecule has 1 unspecified atom stereocenters. The summed E-state index contributed by atoms with van der Waals surface area (Å²) in [4.78, 5) is 35.8. The van der Waals surface area contributed by atoms with Gasteiger partial charge in [-0.1, -0.05) is 13.8 Å². The summed E-state index contributed by atoms with van der Waals surface area (Å²) >= 11 is 0. The van der Waals surface area contributed by atoms with E-state index in [9.17, 15) is 14.4 Å². The Labute approximate surface area is 118 Å². The van der Waals surface area contributed by atoms with E-state index in [1.807, 2.05) is 13.8 Å². The van der Waals surface area contributed by atoms with Crippen molar-refractivity contribution in [3.05, 3.63) is 0 Å². The molecule has 0 spiro atoms. The fourth-order valence-corrected chi connectivity index (χ4v) is 2.09. The van der Waals surface area contributed by atoms with Gasteiger partial charge in [-0.15, -0.1) is 0 Å². The Kier molecular flexibility index (Phi) is 6.27. The number of carboxylic acid groups (broad SMARTS) is 1. The minimum atomic E-state index is -1.07. The van der Waals surface area contributed by atoms with E-state index in [-0.39, 0.29) is 24.4 Å². The first kappa shape index (κ1) is 16.3. The molecular formula is C13H23N3O4. The highest BCUT2D eigenvalue weighted by Crippen LogP contribution is 2.16. The van der Waals surface area contributed by atoms with Gasteiger partial charge in [-0.05, 0) is 18.8 Å². The Balaban J connectivity index is 2.43. The quantitative estimate of drug-likeness (QED) is 0.675. The summed E-state index contributed by atoms with van der Waals surface area (Å²) in [5.74, 6) is -1.32. The highest BCUT2D eigenvalue weighted by atomic mass is 16.4. The van der Waals surface area contributed by atoms with E-state index in [1.165, 1.54) is 0 Å². The van der Waals surface area contributed by atoms with Crippen LogP contribution < -0.4 is 10.6 Å². The Hall–Kier alpha value is -1.79. The maximum Gasteiger partial charge on any atom is 0.322 e. The summed E-state index contributed by atoms with van der Waals surface area (Å²) in [7, 11) is 0. The number of nitrogens with zero attached hydrogens (tertiary/aromatic N) is 1. The van der Waals surface area contributed by atoms with Crippen molar-refractivity contribution in [3.63, 3.8) is 0 Å². The van der Waals surface area contributed by atoms with Crippen molar-refractivity contribution in [1.82, 2.24) is 15.5 Å². The topological polar surface area (TPSA) is 98.7 Å². The molecule has 1 aliphatic heterocycles. The number of carboxylic acids is 1. The lowest BCUT2D eigenvalue weighted by Crippen LogP contribution is -2.49. The summed E-state index contributed by atoms with van der Waals surface area (Å²) in [5.41, 5.74) is 0. The molecule has 0 aliphatic carbocycles. The van der Waals surface area contributed by atoms with Gasteiger partial charge >= 0.3 is 12.0 Å². The molecule has 0 aromatic rings. The van der Waals surface area contributed by atoms with Crippen LogP contribution in [-0.2, 0) is 9.59 Å². The molecule has 0 aromatic heterocycles. The number of nitrogens with one attached hydrogen (secondary N) is 2. The van der Waals surface area contributed by atoms with E-state index in [2.05, 4.69) is 10.6 Å². The summed E-state index contributed by atoms with van der Waals surface area (Å²) in [6.45, 7) is 5.22. The van der Waals surface area contributed by atoms with Crippen LogP contribution in [0.4, 0.5) is 4.79 Å². The van der Waals surface area contributed by atoms with Crippen molar-refractivity contribution in [2.24, 2.45) is 11.8 Å². The number of aliphatic carboxylic acids is 1. The SMILES string of the molecule is CC(C)CNC(=O)N1CCCC(C(=O)NCC(=O)O)C1. The van der Waals surface area contributed by atoms with E-state index >= 15 is 0 Å². The number of amides is 3. The van der Waals surface area contributed by atoms with Gasteiger partial charge in [-0.3, -0.25) is 9.59 Å². The van der Waals surface area contributed by atoms with Gasteiger partial charge in [0.15, 0.2) is 0 Å². The predicted octanol–water partition coefficient (Wildman–Crippen LogP) is 0.265. The van der Waals surface area contributed by atoms with Gasteiger partial charge in [0.2, 0.25) is 5.91 Å². The smallest absolute Gasteiger partial charge is 0.322 e. The highest BCUT2D eigenvalue weighted by Gasteiger charge is 2.28. The molecule has 7 heteroatoms. The van der Waals surface area contributed by atoms with Crippen LogP contribution in [0.2, 0.25) is 0 Å². The Morgan fingerprint density at radius 3 is 2.60 bits per heavy atom. The van der Waals surface area contributed by atoms with Crippen LogP contribution >= 0.6 is 0 Å². The normalized spacial score (nSPS) is 18.8. The molecule has 7 nitrogen and oxygen atoms in total. The van der Waals surface area contributed by atoms with E-state index in [1.54, 1.807) is 4.90 Å². The second kappa shape index (κ2) is 7.72. The van der Waals surface area contributed by atoms with Crippen LogP contribution in [0, 0.1) is 11.8 Å². The molecule has 0 bridgehead atoms. The lowest BCUT2D eigenvalue weighted by atomic mass is 9.97. The van der Waals surface area contributed by atoms with Gasteiger partial charge in [0.05, 0.1) is 5.92 Å². The first-order chi connectivity index (χ1) is 9.40. The summed E-state index contributed by atoms with van der Waals surface area (Å²) < 4.78 is 0. The number of carbonyl (C=O) groups is 3. The molecule has 1 saturated heterocycles. The number of hydrogen-bond donors (Lipinski definition) is 3. The molecule has 114 valence electrons. The van der Waals surface area contributed by atoms with E-state index in [0.717, 1.165) is 6.42 Å². The molecule has 0 radical (unpaired) electrons. The Morgan fingerprint density at radius 1 is 1.30 bits per heavy atom. The minimum Gasteiger partial charge on any atom is -0.480 e. The van der Waals surface area contributed by atoms with Crippen molar-refractivity contribution in [3.8, 4) is 0 Å². The summed E-state index contributed by atoms with van der Waals surface area (Å²) in [6.07, 6.45) is 1.43. The van der Waals surface area contributed by atoms with Crippen LogP contribution in [-0.4, -0.2) is 54.1 Å². The second-order valence-electron chi connectivity index (χ2n) is 5.48. The molecule has 1 heterocycles. The molecule has 20 heavy (non-hydrogen) atoms. The number of rotatable bonds is 5. The number of piperidine rings is 1. The molecule has 1 atom stereocenters. The molecule has 1 aliphatic rings. The molecular weight excluding hydrogens is 262 g/mol.